The number of hydrogen-bond donors (Lipinski definition) is 4. The molecule has 0 bridgehead atoms. The van der Waals surface area contributed by atoms with Gasteiger partial charge in [-0.3, -0.25) is 24.7 Å². The number of halogens is 2. The number of hydrogen-bond acceptors (Lipinski definition) is 6. The van der Waals surface area contributed by atoms with Gasteiger partial charge in [-0.15, -0.1) is 0 Å². The Morgan fingerprint density at radius 3 is 2.65 bits per heavy atom. The molecule has 0 radical (unpaired) electrons. The van der Waals surface area contributed by atoms with E-state index < -0.39 is 23.2 Å². The van der Waals surface area contributed by atoms with Gasteiger partial charge in [0, 0.05) is 19.1 Å². The molecule has 34 heavy (non-hydrogen) atoms. The average molecular weight is 494 g/mol. The van der Waals surface area contributed by atoms with Gasteiger partial charge in [-0.05, 0) is 62.6 Å². The van der Waals surface area contributed by atoms with Crippen molar-refractivity contribution in [2.24, 2.45) is 22.6 Å². The first kappa shape index (κ1) is 24.6. The van der Waals surface area contributed by atoms with E-state index in [2.05, 4.69) is 20.9 Å². The van der Waals surface area contributed by atoms with Gasteiger partial charge in [0.15, 0.2) is 0 Å². The number of nitrogens with one attached hydrogen (secondary N) is 3. The van der Waals surface area contributed by atoms with Crippen molar-refractivity contribution in [3.8, 4) is 0 Å². The van der Waals surface area contributed by atoms with Gasteiger partial charge in [-0.25, -0.2) is 4.39 Å². The zero-order valence-electron chi connectivity index (χ0n) is 18.7. The van der Waals surface area contributed by atoms with Crippen LogP contribution in [0, 0.1) is 17.7 Å². The fourth-order valence-corrected chi connectivity index (χ4v) is 5.37. The summed E-state index contributed by atoms with van der Waals surface area (Å²) in [6.07, 6.45) is 3.80. The molecule has 5 N–H and O–H groups in total. The molecule has 3 aliphatic rings. The minimum absolute atomic E-state index is 0.0366. The van der Waals surface area contributed by atoms with E-state index in [1.165, 1.54) is 12.1 Å². The minimum Gasteiger partial charge on any atom is -0.376 e. The van der Waals surface area contributed by atoms with Crippen LogP contribution in [0.5, 0.6) is 0 Å². The Labute approximate surface area is 202 Å². The van der Waals surface area contributed by atoms with Crippen molar-refractivity contribution in [3.05, 3.63) is 29.0 Å². The quantitative estimate of drug-likeness (QED) is 0.459. The van der Waals surface area contributed by atoms with E-state index in [-0.39, 0.29) is 41.2 Å². The number of carbonyl (C=O) groups is 3. The molecule has 1 saturated heterocycles. The van der Waals surface area contributed by atoms with Crippen LogP contribution in [0.3, 0.4) is 0 Å². The second-order valence-electron chi connectivity index (χ2n) is 9.02. The molecule has 1 unspecified atom stereocenters. The predicted molar refractivity (Wildman–Crippen MR) is 125 cm³/mol. The number of carbonyl (C=O) groups excluding carboxylic acids is 3. The monoisotopic (exact) mass is 493 g/mol. The van der Waals surface area contributed by atoms with Gasteiger partial charge in [0.05, 0.1) is 23.5 Å². The summed E-state index contributed by atoms with van der Waals surface area (Å²) in [6.45, 7) is 1.15. The molecule has 2 fully saturated rings. The molecule has 0 aromatic heterocycles. The third-order valence-corrected chi connectivity index (χ3v) is 7.30. The molecular weight excluding hydrogens is 465 g/mol. The van der Waals surface area contributed by atoms with Crippen molar-refractivity contribution < 1.29 is 23.5 Å². The van der Waals surface area contributed by atoms with Crippen LogP contribution in [-0.2, 0) is 19.1 Å². The molecule has 9 nitrogen and oxygen atoms in total. The maximum Gasteiger partial charge on any atom is 0.267 e. The van der Waals surface area contributed by atoms with Crippen LogP contribution >= 0.6 is 11.6 Å². The van der Waals surface area contributed by atoms with Crippen molar-refractivity contribution in [2.45, 2.75) is 50.2 Å². The van der Waals surface area contributed by atoms with Gasteiger partial charge in [0.25, 0.3) is 5.91 Å². The Morgan fingerprint density at radius 1 is 1.24 bits per heavy atom. The lowest BCUT2D eigenvalue weighted by molar-refractivity contribution is -0.126. The van der Waals surface area contributed by atoms with Gasteiger partial charge in [0.1, 0.15) is 17.1 Å². The van der Waals surface area contributed by atoms with Crippen molar-refractivity contribution in [1.82, 2.24) is 10.6 Å². The highest BCUT2D eigenvalue weighted by molar-refractivity contribution is 6.47. The first-order chi connectivity index (χ1) is 16.3. The number of anilines is 1. The summed E-state index contributed by atoms with van der Waals surface area (Å²) in [5, 5.41) is 8.78. The molecule has 3 amide bonds. The first-order valence-corrected chi connectivity index (χ1v) is 11.9. The molecule has 1 aliphatic carbocycles. The predicted octanol–water partition coefficient (Wildman–Crippen LogP) is 1.74. The maximum absolute atomic E-state index is 13.3. The van der Waals surface area contributed by atoms with Crippen LogP contribution < -0.4 is 21.7 Å². The highest BCUT2D eigenvalue weighted by Gasteiger charge is 2.54. The minimum atomic E-state index is -1.37. The maximum atomic E-state index is 13.3. The lowest BCUT2D eigenvalue weighted by Gasteiger charge is -2.39. The van der Waals surface area contributed by atoms with E-state index in [1.54, 1.807) is 0 Å². The summed E-state index contributed by atoms with van der Waals surface area (Å²) < 4.78 is 18.8. The molecule has 184 valence electrons. The topological polar surface area (TPSA) is 135 Å². The fraction of sp³-hybridized carbons (Fsp3) is 0.565. The smallest absolute Gasteiger partial charge is 0.267 e. The van der Waals surface area contributed by atoms with Crippen molar-refractivity contribution >= 4 is 40.7 Å². The molecule has 11 heteroatoms. The summed E-state index contributed by atoms with van der Waals surface area (Å²) >= 11 is 6.01. The number of amides is 3. The summed E-state index contributed by atoms with van der Waals surface area (Å²) in [7, 11) is 0. The Bertz CT molecular complexity index is 992. The Balaban J connectivity index is 1.39. The number of ether oxygens (including phenoxy) is 1. The zero-order chi connectivity index (χ0) is 24.3. The number of rotatable bonds is 7. The van der Waals surface area contributed by atoms with E-state index in [9.17, 15) is 18.8 Å². The van der Waals surface area contributed by atoms with Crippen LogP contribution in [0.1, 0.15) is 38.5 Å². The number of nitrogens with two attached hydrogens (primary N) is 1. The SMILES string of the molecule is NC(=O)C1(C2CCC(C(=O)Nc3ccc(F)cc3Cl)CC2)NCN=C1C(=O)NC[C@@H]1CCCO1. The van der Waals surface area contributed by atoms with Gasteiger partial charge >= 0.3 is 0 Å². The van der Waals surface area contributed by atoms with Crippen LogP contribution in [0.15, 0.2) is 23.2 Å². The molecule has 0 spiro atoms. The first-order valence-electron chi connectivity index (χ1n) is 11.6. The summed E-state index contributed by atoms with van der Waals surface area (Å²) in [5.74, 6) is -2.37. The Morgan fingerprint density at radius 2 is 2.00 bits per heavy atom. The van der Waals surface area contributed by atoms with E-state index in [4.69, 9.17) is 22.1 Å². The van der Waals surface area contributed by atoms with Gasteiger partial charge in [0.2, 0.25) is 11.8 Å². The van der Waals surface area contributed by atoms with Crippen LogP contribution in [0.4, 0.5) is 10.1 Å². The number of aliphatic imine (C=N–C) groups is 1. The van der Waals surface area contributed by atoms with Crippen molar-refractivity contribution in [2.75, 3.05) is 25.1 Å². The second-order valence-corrected chi connectivity index (χ2v) is 9.43. The Kier molecular flexibility index (Phi) is 7.49. The third kappa shape index (κ3) is 4.94. The Hall–Kier alpha value is -2.56. The average Bonchev–Trinajstić information content (AvgIpc) is 3.50. The molecule has 1 saturated carbocycles. The van der Waals surface area contributed by atoms with Gasteiger partial charge < -0.3 is 21.1 Å². The molecule has 2 heterocycles. The summed E-state index contributed by atoms with van der Waals surface area (Å²) in [6, 6.07) is 3.79. The lowest BCUT2D eigenvalue weighted by Crippen LogP contribution is -2.66. The van der Waals surface area contributed by atoms with E-state index in [0.717, 1.165) is 18.9 Å². The molecule has 2 aliphatic heterocycles. The molecule has 1 aromatic carbocycles. The van der Waals surface area contributed by atoms with Crippen molar-refractivity contribution in [3.63, 3.8) is 0 Å². The van der Waals surface area contributed by atoms with E-state index in [1.807, 2.05) is 0 Å². The standard InChI is InChI=1S/C23H29ClFN5O4/c24-17-10-15(25)7-8-18(17)30-20(31)13-3-5-14(6-4-13)23(22(26)33)19(28-12-29-23)21(32)27-11-16-2-1-9-34-16/h7-8,10,13-14,16,29H,1-6,9,11-12H2,(H2,26,33)(H,27,32)(H,30,31)/t13?,14?,16-,23?/m0/s1. The number of primary amides is 1. The molecule has 2 atom stereocenters. The fourth-order valence-electron chi connectivity index (χ4n) is 5.16. The van der Waals surface area contributed by atoms with Gasteiger partial charge in [-0.1, -0.05) is 11.6 Å². The third-order valence-electron chi connectivity index (χ3n) is 6.99. The molecule has 1 aromatic rings. The highest BCUT2D eigenvalue weighted by atomic mass is 35.5. The normalized spacial score (nSPS) is 28.9. The number of nitrogens with zero attached hydrogens (tertiary/aromatic N) is 1. The lowest BCUT2D eigenvalue weighted by atomic mass is 9.69. The molecule has 4 rings (SSSR count). The van der Waals surface area contributed by atoms with E-state index in [0.29, 0.717) is 44.5 Å². The summed E-state index contributed by atoms with van der Waals surface area (Å²) in [4.78, 5) is 42.7. The van der Waals surface area contributed by atoms with Crippen LogP contribution in [-0.4, -0.2) is 54.9 Å². The van der Waals surface area contributed by atoms with Crippen molar-refractivity contribution in [1.29, 1.82) is 0 Å². The van der Waals surface area contributed by atoms with Crippen LogP contribution in [0.2, 0.25) is 5.02 Å². The van der Waals surface area contributed by atoms with Crippen LogP contribution in [0.25, 0.3) is 0 Å². The number of benzene rings is 1. The zero-order valence-corrected chi connectivity index (χ0v) is 19.5. The second kappa shape index (κ2) is 10.4. The van der Waals surface area contributed by atoms with E-state index >= 15 is 0 Å². The highest BCUT2D eigenvalue weighted by Crippen LogP contribution is 2.38. The largest absolute Gasteiger partial charge is 0.376 e. The summed E-state index contributed by atoms with van der Waals surface area (Å²) in [5.41, 5.74) is 4.90. The molecular formula is C23H29ClFN5O4. The van der Waals surface area contributed by atoms with Gasteiger partial charge in [-0.2, -0.15) is 0 Å².